The average molecular weight is 323 g/mol. The monoisotopic (exact) mass is 322 g/mol. The van der Waals surface area contributed by atoms with Crippen LogP contribution >= 0.6 is 15.9 Å². The predicted octanol–water partition coefficient (Wildman–Crippen LogP) is 3.79. The first-order valence-electron chi connectivity index (χ1n) is 6.13. The van der Waals surface area contributed by atoms with Crippen molar-refractivity contribution in [2.24, 2.45) is 0 Å². The van der Waals surface area contributed by atoms with E-state index in [2.05, 4.69) is 26.2 Å². The summed E-state index contributed by atoms with van der Waals surface area (Å²) in [5, 5.41) is 3.26. The van der Waals surface area contributed by atoms with Gasteiger partial charge in [-0.1, -0.05) is 6.07 Å². The molecule has 1 heterocycles. The standard InChI is InChI=1S/C15H16BrFN2/c1-10-3-4-14(17)6-11(10)7-15(18-2)12-5-13(16)9-19-8-12/h3-6,8-9,15,18H,7H2,1-2H3. The van der Waals surface area contributed by atoms with Crippen molar-refractivity contribution in [3.8, 4) is 0 Å². The highest BCUT2D eigenvalue weighted by atomic mass is 79.9. The van der Waals surface area contributed by atoms with Crippen LogP contribution in [-0.2, 0) is 6.42 Å². The smallest absolute Gasteiger partial charge is 0.123 e. The third-order valence-electron chi connectivity index (χ3n) is 3.21. The van der Waals surface area contributed by atoms with Crippen molar-refractivity contribution < 1.29 is 4.39 Å². The van der Waals surface area contributed by atoms with E-state index in [9.17, 15) is 4.39 Å². The zero-order valence-corrected chi connectivity index (χ0v) is 12.5. The normalized spacial score (nSPS) is 12.4. The molecule has 1 N–H and O–H groups in total. The summed E-state index contributed by atoms with van der Waals surface area (Å²) >= 11 is 3.42. The minimum absolute atomic E-state index is 0.116. The van der Waals surface area contributed by atoms with E-state index in [1.807, 2.05) is 32.3 Å². The van der Waals surface area contributed by atoms with Gasteiger partial charge in [-0.15, -0.1) is 0 Å². The lowest BCUT2D eigenvalue weighted by molar-refractivity contribution is 0.580. The highest BCUT2D eigenvalue weighted by Gasteiger charge is 2.13. The molecule has 0 aliphatic heterocycles. The maximum Gasteiger partial charge on any atom is 0.123 e. The summed E-state index contributed by atoms with van der Waals surface area (Å²) in [5.74, 6) is -0.192. The van der Waals surface area contributed by atoms with Gasteiger partial charge >= 0.3 is 0 Å². The van der Waals surface area contributed by atoms with Crippen LogP contribution in [0.2, 0.25) is 0 Å². The second-order valence-corrected chi connectivity index (χ2v) is 5.47. The molecule has 0 fully saturated rings. The maximum absolute atomic E-state index is 13.3. The van der Waals surface area contributed by atoms with Crippen LogP contribution in [-0.4, -0.2) is 12.0 Å². The molecule has 2 nitrogen and oxygen atoms in total. The Hall–Kier alpha value is -1.26. The fourth-order valence-corrected chi connectivity index (χ4v) is 2.47. The van der Waals surface area contributed by atoms with Crippen LogP contribution in [0.5, 0.6) is 0 Å². The van der Waals surface area contributed by atoms with E-state index in [-0.39, 0.29) is 11.9 Å². The topological polar surface area (TPSA) is 24.9 Å². The number of aryl methyl sites for hydroxylation is 1. The zero-order chi connectivity index (χ0) is 13.8. The van der Waals surface area contributed by atoms with E-state index in [0.717, 1.165) is 27.6 Å². The molecule has 2 rings (SSSR count). The van der Waals surface area contributed by atoms with Crippen LogP contribution < -0.4 is 5.32 Å². The summed E-state index contributed by atoms with van der Waals surface area (Å²) in [5.41, 5.74) is 3.20. The molecule has 0 aliphatic rings. The molecule has 2 aromatic rings. The average Bonchev–Trinajstić information content (AvgIpc) is 2.39. The van der Waals surface area contributed by atoms with Gasteiger partial charge in [-0.05, 0) is 71.2 Å². The van der Waals surface area contributed by atoms with Crippen LogP contribution in [0.3, 0.4) is 0 Å². The van der Waals surface area contributed by atoms with E-state index >= 15 is 0 Å². The first-order valence-corrected chi connectivity index (χ1v) is 6.92. The number of pyridine rings is 1. The number of benzene rings is 1. The molecular weight excluding hydrogens is 307 g/mol. The molecule has 0 saturated heterocycles. The quantitative estimate of drug-likeness (QED) is 0.926. The van der Waals surface area contributed by atoms with Gasteiger partial charge in [0, 0.05) is 22.9 Å². The minimum atomic E-state index is -0.192. The summed E-state index contributed by atoms with van der Waals surface area (Å²) in [6.07, 6.45) is 4.32. The highest BCUT2D eigenvalue weighted by Crippen LogP contribution is 2.22. The van der Waals surface area contributed by atoms with Gasteiger partial charge in [0.2, 0.25) is 0 Å². The lowest BCUT2D eigenvalue weighted by Crippen LogP contribution is -2.19. The molecule has 0 radical (unpaired) electrons. The second kappa shape index (κ2) is 6.26. The van der Waals surface area contributed by atoms with Gasteiger partial charge in [-0.2, -0.15) is 0 Å². The number of likely N-dealkylation sites (N-methyl/N-ethyl adjacent to an activating group) is 1. The molecule has 1 unspecified atom stereocenters. The summed E-state index contributed by atoms with van der Waals surface area (Å²) in [6, 6.07) is 7.06. The summed E-state index contributed by atoms with van der Waals surface area (Å²) in [4.78, 5) is 4.17. The van der Waals surface area contributed by atoms with Crippen LogP contribution in [0.1, 0.15) is 22.7 Å². The van der Waals surface area contributed by atoms with E-state index in [0.29, 0.717) is 0 Å². The summed E-state index contributed by atoms with van der Waals surface area (Å²) < 4.78 is 14.3. The molecule has 1 atom stereocenters. The Bertz CT molecular complexity index is 572. The fourth-order valence-electron chi connectivity index (χ4n) is 2.09. The first kappa shape index (κ1) is 14.2. The van der Waals surface area contributed by atoms with Gasteiger partial charge in [-0.3, -0.25) is 4.98 Å². The fraction of sp³-hybridized carbons (Fsp3) is 0.267. The van der Waals surface area contributed by atoms with E-state index in [1.54, 1.807) is 12.3 Å². The Labute approximate surface area is 121 Å². The van der Waals surface area contributed by atoms with Crippen LogP contribution in [0.25, 0.3) is 0 Å². The Kier molecular flexibility index (Phi) is 4.66. The zero-order valence-electron chi connectivity index (χ0n) is 11.0. The van der Waals surface area contributed by atoms with Crippen molar-refractivity contribution in [2.75, 3.05) is 7.05 Å². The minimum Gasteiger partial charge on any atom is -0.313 e. The molecule has 19 heavy (non-hydrogen) atoms. The number of rotatable bonds is 4. The molecule has 100 valence electrons. The maximum atomic E-state index is 13.3. The highest BCUT2D eigenvalue weighted by molar-refractivity contribution is 9.10. The van der Waals surface area contributed by atoms with Crippen LogP contribution in [0, 0.1) is 12.7 Å². The van der Waals surface area contributed by atoms with E-state index in [4.69, 9.17) is 0 Å². The molecule has 1 aromatic heterocycles. The van der Waals surface area contributed by atoms with Gasteiger partial charge in [0.1, 0.15) is 5.82 Å². The molecule has 0 aliphatic carbocycles. The van der Waals surface area contributed by atoms with Gasteiger partial charge in [0.05, 0.1) is 0 Å². The van der Waals surface area contributed by atoms with Gasteiger partial charge in [0.15, 0.2) is 0 Å². The Balaban J connectivity index is 2.26. The van der Waals surface area contributed by atoms with E-state index < -0.39 is 0 Å². The van der Waals surface area contributed by atoms with Crippen molar-refractivity contribution >= 4 is 15.9 Å². The number of hydrogen-bond donors (Lipinski definition) is 1. The molecule has 0 bridgehead atoms. The number of nitrogens with zero attached hydrogens (tertiary/aromatic N) is 1. The van der Waals surface area contributed by atoms with Gasteiger partial charge in [-0.25, -0.2) is 4.39 Å². The van der Waals surface area contributed by atoms with Gasteiger partial charge in [0.25, 0.3) is 0 Å². The number of nitrogens with one attached hydrogen (secondary N) is 1. The molecule has 0 saturated carbocycles. The Morgan fingerprint density at radius 2 is 2.11 bits per heavy atom. The van der Waals surface area contributed by atoms with Crippen molar-refractivity contribution in [3.05, 3.63) is 63.6 Å². The molecule has 1 aromatic carbocycles. The molecule has 0 amide bonds. The van der Waals surface area contributed by atoms with Crippen molar-refractivity contribution in [3.63, 3.8) is 0 Å². The number of aromatic nitrogens is 1. The second-order valence-electron chi connectivity index (χ2n) is 4.55. The lowest BCUT2D eigenvalue weighted by atomic mass is 9.97. The van der Waals surface area contributed by atoms with Crippen molar-refractivity contribution in [1.29, 1.82) is 0 Å². The first-order chi connectivity index (χ1) is 9.10. The van der Waals surface area contributed by atoms with Crippen LogP contribution in [0.15, 0.2) is 41.1 Å². The third-order valence-corrected chi connectivity index (χ3v) is 3.65. The Morgan fingerprint density at radius 1 is 1.32 bits per heavy atom. The summed E-state index contributed by atoms with van der Waals surface area (Å²) in [6.45, 7) is 2.00. The molecule has 4 heteroatoms. The van der Waals surface area contributed by atoms with E-state index in [1.165, 1.54) is 6.07 Å². The molecule has 0 spiro atoms. The molecular formula is C15H16BrFN2. The SMILES string of the molecule is CNC(Cc1cc(F)ccc1C)c1cncc(Br)c1. The lowest BCUT2D eigenvalue weighted by Gasteiger charge is -2.18. The van der Waals surface area contributed by atoms with Crippen LogP contribution in [0.4, 0.5) is 4.39 Å². The van der Waals surface area contributed by atoms with Crippen molar-refractivity contribution in [1.82, 2.24) is 10.3 Å². The largest absolute Gasteiger partial charge is 0.313 e. The Morgan fingerprint density at radius 3 is 2.79 bits per heavy atom. The van der Waals surface area contributed by atoms with Crippen molar-refractivity contribution in [2.45, 2.75) is 19.4 Å². The van der Waals surface area contributed by atoms with Gasteiger partial charge < -0.3 is 5.32 Å². The number of hydrogen-bond acceptors (Lipinski definition) is 2. The predicted molar refractivity (Wildman–Crippen MR) is 78.6 cm³/mol. The summed E-state index contributed by atoms with van der Waals surface area (Å²) in [7, 11) is 1.90. The third kappa shape index (κ3) is 3.61. The number of halogens is 2.